The van der Waals surface area contributed by atoms with Gasteiger partial charge in [-0.15, -0.1) is 0 Å². The molecule has 0 spiro atoms. The largest absolute Gasteiger partial charge is 0.433 e. The van der Waals surface area contributed by atoms with Crippen LogP contribution < -0.4 is 5.32 Å². The summed E-state index contributed by atoms with van der Waals surface area (Å²) in [4.78, 5) is 3.38. The molecule has 7 heteroatoms. The van der Waals surface area contributed by atoms with E-state index in [4.69, 9.17) is 11.6 Å². The highest BCUT2D eigenvalue weighted by Gasteiger charge is 2.31. The average Bonchev–Trinajstić information content (AvgIpc) is 2.39. The molecule has 0 fully saturated rings. The van der Waals surface area contributed by atoms with Crippen LogP contribution in [0.3, 0.4) is 0 Å². The Morgan fingerprint density at radius 3 is 2.55 bits per heavy atom. The van der Waals surface area contributed by atoms with Gasteiger partial charge < -0.3 is 5.32 Å². The molecule has 106 valence electrons. The predicted octanol–water partition coefficient (Wildman–Crippen LogP) is 5.13. The van der Waals surface area contributed by atoms with Crippen LogP contribution in [0, 0.1) is 0 Å². The number of nitrogens with zero attached hydrogens (tertiary/aromatic N) is 1. The minimum Gasteiger partial charge on any atom is -0.380 e. The Morgan fingerprint density at radius 2 is 1.95 bits per heavy atom. The first-order valence-electron chi connectivity index (χ1n) is 5.57. The number of hydrogen-bond acceptors (Lipinski definition) is 2. The maximum Gasteiger partial charge on any atom is 0.433 e. The van der Waals surface area contributed by atoms with Crippen molar-refractivity contribution in [1.29, 1.82) is 0 Å². The van der Waals surface area contributed by atoms with Crippen LogP contribution in [0.25, 0.3) is 0 Å². The third-order valence-electron chi connectivity index (χ3n) is 2.54. The molecule has 1 aromatic heterocycles. The van der Waals surface area contributed by atoms with Gasteiger partial charge in [0.25, 0.3) is 0 Å². The summed E-state index contributed by atoms with van der Waals surface area (Å²) in [5, 5.41) is 3.58. The Hall–Kier alpha value is -1.27. The van der Waals surface area contributed by atoms with Crippen LogP contribution in [0.15, 0.2) is 41.0 Å². The summed E-state index contributed by atoms with van der Waals surface area (Å²) in [5.74, 6) is 0. The quantitative estimate of drug-likeness (QED) is 0.816. The number of rotatable bonds is 3. The van der Waals surface area contributed by atoms with E-state index in [-0.39, 0.29) is 0 Å². The summed E-state index contributed by atoms with van der Waals surface area (Å²) in [7, 11) is 0. The maximum absolute atomic E-state index is 12.4. The van der Waals surface area contributed by atoms with E-state index in [1.54, 1.807) is 12.1 Å². The average molecular weight is 366 g/mol. The highest BCUT2D eigenvalue weighted by Crippen LogP contribution is 2.28. The lowest BCUT2D eigenvalue weighted by Crippen LogP contribution is -2.08. The first-order chi connectivity index (χ1) is 9.36. The van der Waals surface area contributed by atoms with Crippen molar-refractivity contribution < 1.29 is 13.2 Å². The molecule has 2 nitrogen and oxygen atoms in total. The van der Waals surface area contributed by atoms with Gasteiger partial charge in [0.1, 0.15) is 5.69 Å². The second kappa shape index (κ2) is 6.01. The van der Waals surface area contributed by atoms with Crippen molar-refractivity contribution >= 4 is 33.2 Å². The predicted molar refractivity (Wildman–Crippen MR) is 75.7 cm³/mol. The van der Waals surface area contributed by atoms with Gasteiger partial charge in [0, 0.05) is 16.0 Å². The van der Waals surface area contributed by atoms with Crippen LogP contribution in [0.1, 0.15) is 11.3 Å². The van der Waals surface area contributed by atoms with E-state index in [1.807, 2.05) is 6.07 Å². The van der Waals surface area contributed by atoms with Crippen LogP contribution in [-0.4, -0.2) is 4.98 Å². The molecule has 1 N–H and O–H groups in total. The summed E-state index contributed by atoms with van der Waals surface area (Å²) < 4.78 is 38.0. The van der Waals surface area contributed by atoms with Gasteiger partial charge in [0.2, 0.25) is 0 Å². The second-order valence-corrected chi connectivity index (χ2v) is 5.31. The fraction of sp³-hybridized carbons (Fsp3) is 0.154. The molecule has 1 aromatic carbocycles. The standard InChI is InChI=1S/C13H9BrClF3N2/c14-11-3-1-9(15)5-8(11)6-19-10-2-4-12(20-7-10)13(16,17)18/h1-5,7,19H,6H2. The number of alkyl halides is 3. The Kier molecular flexibility index (Phi) is 4.55. The van der Waals surface area contributed by atoms with Gasteiger partial charge in [-0.2, -0.15) is 13.2 Å². The Balaban J connectivity index is 2.06. The van der Waals surface area contributed by atoms with Crippen molar-refractivity contribution in [1.82, 2.24) is 4.98 Å². The van der Waals surface area contributed by atoms with E-state index in [1.165, 1.54) is 6.07 Å². The van der Waals surface area contributed by atoms with Crippen molar-refractivity contribution in [2.24, 2.45) is 0 Å². The van der Waals surface area contributed by atoms with Crippen molar-refractivity contribution in [3.05, 3.63) is 57.3 Å². The van der Waals surface area contributed by atoms with E-state index in [2.05, 4.69) is 26.2 Å². The zero-order valence-corrected chi connectivity index (χ0v) is 12.4. The van der Waals surface area contributed by atoms with E-state index >= 15 is 0 Å². The summed E-state index contributed by atoms with van der Waals surface area (Å²) in [5.41, 5.74) is 0.495. The topological polar surface area (TPSA) is 24.9 Å². The van der Waals surface area contributed by atoms with Crippen LogP contribution >= 0.6 is 27.5 Å². The van der Waals surface area contributed by atoms with Gasteiger partial charge in [-0.3, -0.25) is 0 Å². The van der Waals surface area contributed by atoms with E-state index in [9.17, 15) is 13.2 Å². The molecule has 0 aliphatic heterocycles. The molecule has 1 heterocycles. The van der Waals surface area contributed by atoms with E-state index in [0.29, 0.717) is 17.3 Å². The minimum atomic E-state index is -4.42. The lowest BCUT2D eigenvalue weighted by Gasteiger charge is -2.10. The fourth-order valence-corrected chi connectivity index (χ4v) is 2.12. The highest BCUT2D eigenvalue weighted by atomic mass is 79.9. The second-order valence-electron chi connectivity index (χ2n) is 4.02. The third kappa shape index (κ3) is 3.86. The SMILES string of the molecule is FC(F)(F)c1ccc(NCc2cc(Cl)ccc2Br)cn1. The molecule has 2 aromatic rings. The maximum atomic E-state index is 12.4. The lowest BCUT2D eigenvalue weighted by molar-refractivity contribution is -0.141. The highest BCUT2D eigenvalue weighted by molar-refractivity contribution is 9.10. The number of nitrogens with one attached hydrogen (secondary N) is 1. The molecular weight excluding hydrogens is 357 g/mol. The van der Waals surface area contributed by atoms with Crippen molar-refractivity contribution in [3.63, 3.8) is 0 Å². The van der Waals surface area contributed by atoms with Crippen LogP contribution in [0.5, 0.6) is 0 Å². The van der Waals surface area contributed by atoms with E-state index < -0.39 is 11.9 Å². The molecule has 20 heavy (non-hydrogen) atoms. The lowest BCUT2D eigenvalue weighted by atomic mass is 10.2. The van der Waals surface area contributed by atoms with E-state index in [0.717, 1.165) is 22.3 Å². The Morgan fingerprint density at radius 1 is 1.20 bits per heavy atom. The van der Waals surface area contributed by atoms with Crippen LogP contribution in [-0.2, 0) is 12.7 Å². The molecule has 0 aliphatic rings. The molecule has 0 amide bonds. The molecule has 0 radical (unpaired) electrons. The molecule has 0 saturated carbocycles. The van der Waals surface area contributed by atoms with Gasteiger partial charge in [-0.1, -0.05) is 27.5 Å². The molecule has 0 unspecified atom stereocenters. The van der Waals surface area contributed by atoms with Crippen molar-refractivity contribution in [3.8, 4) is 0 Å². The Labute approximate surface area is 127 Å². The summed E-state index contributed by atoms with van der Waals surface area (Å²) >= 11 is 9.26. The molecule has 0 aliphatic carbocycles. The number of anilines is 1. The van der Waals surface area contributed by atoms with Gasteiger partial charge in [-0.05, 0) is 35.9 Å². The summed E-state index contributed by atoms with van der Waals surface area (Å²) in [6.07, 6.45) is -3.27. The summed E-state index contributed by atoms with van der Waals surface area (Å²) in [6.45, 7) is 0.425. The van der Waals surface area contributed by atoms with Gasteiger partial charge in [0.05, 0.1) is 11.9 Å². The molecule has 0 bridgehead atoms. The Bertz CT molecular complexity index is 600. The van der Waals surface area contributed by atoms with Crippen molar-refractivity contribution in [2.75, 3.05) is 5.32 Å². The van der Waals surface area contributed by atoms with Crippen molar-refractivity contribution in [2.45, 2.75) is 12.7 Å². The molecule has 2 rings (SSSR count). The van der Waals surface area contributed by atoms with Gasteiger partial charge in [-0.25, -0.2) is 4.98 Å². The zero-order chi connectivity index (χ0) is 14.8. The number of aromatic nitrogens is 1. The van der Waals surface area contributed by atoms with Crippen LogP contribution in [0.4, 0.5) is 18.9 Å². The number of benzene rings is 1. The summed E-state index contributed by atoms with van der Waals surface area (Å²) in [6, 6.07) is 7.61. The van der Waals surface area contributed by atoms with Gasteiger partial charge >= 0.3 is 6.18 Å². The first kappa shape index (κ1) is 15.1. The smallest absolute Gasteiger partial charge is 0.380 e. The minimum absolute atomic E-state index is 0.425. The number of halogens is 5. The fourth-order valence-electron chi connectivity index (χ4n) is 1.54. The molecule has 0 atom stereocenters. The first-order valence-corrected chi connectivity index (χ1v) is 6.74. The monoisotopic (exact) mass is 364 g/mol. The molecular formula is C13H9BrClF3N2. The number of hydrogen-bond donors (Lipinski definition) is 1. The van der Waals surface area contributed by atoms with Gasteiger partial charge in [0.15, 0.2) is 0 Å². The normalized spacial score (nSPS) is 11.4. The number of pyridine rings is 1. The van der Waals surface area contributed by atoms with Crippen LogP contribution in [0.2, 0.25) is 5.02 Å². The third-order valence-corrected chi connectivity index (χ3v) is 3.55. The zero-order valence-electron chi connectivity index (χ0n) is 10.0. The molecule has 0 saturated heterocycles.